The van der Waals surface area contributed by atoms with Crippen molar-refractivity contribution >= 4 is 12.1 Å². The van der Waals surface area contributed by atoms with Gasteiger partial charge in [0.2, 0.25) is 6.36 Å². The quantitative estimate of drug-likeness (QED) is 0.530. The molecular formula is C19H23FO7. The number of esters is 1. The Morgan fingerprint density at radius 1 is 1.26 bits per heavy atom. The fourth-order valence-corrected chi connectivity index (χ4v) is 2.75. The number of ether oxygens (including phenoxy) is 5. The van der Waals surface area contributed by atoms with Gasteiger partial charge >= 0.3 is 12.1 Å². The highest BCUT2D eigenvalue weighted by atomic mass is 19.1. The molecule has 0 radical (unpaired) electrons. The molecule has 0 saturated carbocycles. The lowest BCUT2D eigenvalue weighted by molar-refractivity contribution is -0.254. The molecule has 1 aliphatic heterocycles. The summed E-state index contributed by atoms with van der Waals surface area (Å²) in [6.07, 6.45) is -5.35. The Morgan fingerprint density at radius 2 is 1.96 bits per heavy atom. The summed E-state index contributed by atoms with van der Waals surface area (Å²) in [5, 5.41) is 0. The third-order valence-electron chi connectivity index (χ3n) is 4.12. The van der Waals surface area contributed by atoms with Crippen LogP contribution in [0.25, 0.3) is 0 Å². The van der Waals surface area contributed by atoms with Crippen LogP contribution in [0.4, 0.5) is 9.18 Å². The molecule has 0 spiro atoms. The van der Waals surface area contributed by atoms with Crippen molar-refractivity contribution in [1.82, 2.24) is 0 Å². The second-order valence-electron chi connectivity index (χ2n) is 5.98. The second-order valence-corrected chi connectivity index (χ2v) is 5.98. The average molecular weight is 382 g/mol. The van der Waals surface area contributed by atoms with E-state index in [-0.39, 0.29) is 13.2 Å². The van der Waals surface area contributed by atoms with Crippen LogP contribution in [0, 0.1) is 5.92 Å². The fraction of sp³-hybridized carbons (Fsp3) is 0.474. The first-order chi connectivity index (χ1) is 13.0. The first kappa shape index (κ1) is 20.9. The van der Waals surface area contributed by atoms with Crippen LogP contribution in [0.5, 0.6) is 0 Å². The lowest BCUT2D eigenvalue weighted by Crippen LogP contribution is -2.57. The van der Waals surface area contributed by atoms with E-state index in [2.05, 4.69) is 11.3 Å². The summed E-state index contributed by atoms with van der Waals surface area (Å²) in [5.74, 6) is -1.36. The van der Waals surface area contributed by atoms with E-state index >= 15 is 0 Å². The Bertz CT molecular complexity index is 636. The van der Waals surface area contributed by atoms with Crippen LogP contribution in [-0.2, 0) is 35.1 Å². The number of halogens is 1. The number of methoxy groups -OCH3 is 1. The number of alkyl halides is 1. The average Bonchev–Trinajstić information content (AvgIpc) is 2.68. The van der Waals surface area contributed by atoms with E-state index in [0.717, 1.165) is 5.56 Å². The van der Waals surface area contributed by atoms with Crippen molar-refractivity contribution < 1.29 is 37.7 Å². The van der Waals surface area contributed by atoms with Crippen LogP contribution in [0.15, 0.2) is 43.0 Å². The summed E-state index contributed by atoms with van der Waals surface area (Å²) in [4.78, 5) is 23.7. The summed E-state index contributed by atoms with van der Waals surface area (Å²) in [6, 6.07) is 9.20. The molecule has 0 N–H and O–H groups in total. The van der Waals surface area contributed by atoms with Crippen LogP contribution >= 0.6 is 0 Å². The molecule has 1 aliphatic rings. The topological polar surface area (TPSA) is 80.3 Å². The van der Waals surface area contributed by atoms with Crippen LogP contribution in [0.1, 0.15) is 12.5 Å². The molecule has 0 amide bonds. The molecule has 8 heteroatoms. The molecule has 2 rings (SSSR count). The summed E-state index contributed by atoms with van der Waals surface area (Å²) in [6.45, 7) is 5.10. The fourth-order valence-electron chi connectivity index (χ4n) is 2.75. The molecule has 5 atom stereocenters. The standard InChI is InChI=1S/C19H23FO7/c1-4-10-24-19(22)27-16-14(25-11-13-8-6-5-7-9-13)12(2)15(18(21)23-3)26-17(16)20/h4-9,12,14-17H,1,10-11H2,2-3H3/t12-,14+,15?,16?,17+/m0/s1. The Balaban J connectivity index is 2.15. The van der Waals surface area contributed by atoms with Crippen molar-refractivity contribution in [3.05, 3.63) is 48.6 Å². The molecule has 1 aromatic carbocycles. The van der Waals surface area contributed by atoms with Gasteiger partial charge in [0, 0.05) is 5.92 Å². The van der Waals surface area contributed by atoms with E-state index in [4.69, 9.17) is 18.9 Å². The smallest absolute Gasteiger partial charge is 0.467 e. The van der Waals surface area contributed by atoms with Crippen molar-refractivity contribution in [2.75, 3.05) is 13.7 Å². The van der Waals surface area contributed by atoms with Crippen molar-refractivity contribution in [3.63, 3.8) is 0 Å². The van der Waals surface area contributed by atoms with Crippen LogP contribution in [0.2, 0.25) is 0 Å². The lowest BCUT2D eigenvalue weighted by Gasteiger charge is -2.40. The minimum absolute atomic E-state index is 0.0841. The summed E-state index contributed by atoms with van der Waals surface area (Å²) in [5.41, 5.74) is 0.842. The highest BCUT2D eigenvalue weighted by Crippen LogP contribution is 2.32. The highest BCUT2D eigenvalue weighted by molar-refractivity contribution is 5.75. The Morgan fingerprint density at radius 3 is 2.59 bits per heavy atom. The molecular weight excluding hydrogens is 359 g/mol. The minimum Gasteiger partial charge on any atom is -0.467 e. The van der Waals surface area contributed by atoms with Gasteiger partial charge in [0.1, 0.15) is 12.7 Å². The second kappa shape index (κ2) is 10.0. The molecule has 2 unspecified atom stereocenters. The van der Waals surface area contributed by atoms with Crippen molar-refractivity contribution in [3.8, 4) is 0 Å². The van der Waals surface area contributed by atoms with Crippen molar-refractivity contribution in [2.24, 2.45) is 5.92 Å². The summed E-state index contributed by atoms with van der Waals surface area (Å²) in [7, 11) is 1.18. The van der Waals surface area contributed by atoms with E-state index in [1.54, 1.807) is 6.92 Å². The van der Waals surface area contributed by atoms with Gasteiger partial charge in [-0.15, -0.1) is 0 Å². The maximum atomic E-state index is 14.6. The van der Waals surface area contributed by atoms with Crippen LogP contribution < -0.4 is 0 Å². The Labute approximate surface area is 157 Å². The number of carbonyl (C=O) groups is 2. The molecule has 1 fully saturated rings. The molecule has 1 saturated heterocycles. The number of benzene rings is 1. The number of hydrogen-bond acceptors (Lipinski definition) is 7. The Kier molecular flexibility index (Phi) is 7.75. The predicted octanol–water partition coefficient (Wildman–Crippen LogP) is 2.78. The number of carbonyl (C=O) groups excluding carboxylic acids is 2. The maximum Gasteiger partial charge on any atom is 0.509 e. The van der Waals surface area contributed by atoms with Gasteiger partial charge < -0.3 is 23.7 Å². The van der Waals surface area contributed by atoms with Crippen LogP contribution in [0.3, 0.4) is 0 Å². The van der Waals surface area contributed by atoms with Gasteiger partial charge in [0.25, 0.3) is 0 Å². The molecule has 7 nitrogen and oxygen atoms in total. The minimum atomic E-state index is -2.08. The van der Waals surface area contributed by atoms with E-state index in [1.807, 2.05) is 30.3 Å². The van der Waals surface area contributed by atoms with Gasteiger partial charge in [-0.1, -0.05) is 49.9 Å². The van der Waals surface area contributed by atoms with Gasteiger partial charge in [0.05, 0.1) is 13.7 Å². The molecule has 1 heterocycles. The van der Waals surface area contributed by atoms with Gasteiger partial charge in [-0.2, -0.15) is 0 Å². The number of hydrogen-bond donors (Lipinski definition) is 0. The monoisotopic (exact) mass is 382 g/mol. The van der Waals surface area contributed by atoms with E-state index < -0.39 is 42.7 Å². The molecule has 0 aliphatic carbocycles. The van der Waals surface area contributed by atoms with Gasteiger partial charge in [0.15, 0.2) is 12.2 Å². The normalized spacial score (nSPS) is 27.4. The molecule has 0 aromatic heterocycles. The summed E-state index contributed by atoms with van der Waals surface area (Å²) < 4.78 is 39.9. The van der Waals surface area contributed by atoms with E-state index in [1.165, 1.54) is 13.2 Å². The molecule has 1 aromatic rings. The Hall–Kier alpha value is -2.45. The largest absolute Gasteiger partial charge is 0.509 e. The maximum absolute atomic E-state index is 14.6. The van der Waals surface area contributed by atoms with Gasteiger partial charge in [-0.3, -0.25) is 0 Å². The lowest BCUT2D eigenvalue weighted by atomic mass is 9.90. The van der Waals surface area contributed by atoms with Crippen molar-refractivity contribution in [2.45, 2.75) is 38.2 Å². The number of rotatable bonds is 7. The molecule has 0 bridgehead atoms. The molecule has 27 heavy (non-hydrogen) atoms. The zero-order chi connectivity index (χ0) is 19.8. The van der Waals surface area contributed by atoms with E-state index in [0.29, 0.717) is 0 Å². The van der Waals surface area contributed by atoms with Gasteiger partial charge in [-0.25, -0.2) is 14.0 Å². The zero-order valence-electron chi connectivity index (χ0n) is 15.2. The summed E-state index contributed by atoms with van der Waals surface area (Å²) >= 11 is 0. The molecule has 148 valence electrons. The third kappa shape index (κ3) is 5.51. The van der Waals surface area contributed by atoms with Gasteiger partial charge in [-0.05, 0) is 5.56 Å². The van der Waals surface area contributed by atoms with E-state index in [9.17, 15) is 14.0 Å². The third-order valence-corrected chi connectivity index (χ3v) is 4.12. The van der Waals surface area contributed by atoms with Crippen LogP contribution in [-0.4, -0.2) is 50.5 Å². The SMILES string of the molecule is C=CCOC(=O)OC1[C@H](F)OC(C(=O)OC)[C@@H](C)[C@H]1OCc1ccccc1. The first-order valence-electron chi connectivity index (χ1n) is 8.45. The predicted molar refractivity (Wildman–Crippen MR) is 92.4 cm³/mol. The van der Waals surface area contributed by atoms with Crippen molar-refractivity contribution in [1.29, 1.82) is 0 Å². The zero-order valence-corrected chi connectivity index (χ0v) is 15.2. The highest BCUT2D eigenvalue weighted by Gasteiger charge is 2.50. The first-order valence-corrected chi connectivity index (χ1v) is 8.45.